The van der Waals surface area contributed by atoms with Gasteiger partial charge < -0.3 is 20.1 Å². The maximum Gasteiger partial charge on any atom is 0.238 e. The zero-order valence-corrected chi connectivity index (χ0v) is 17.2. The van der Waals surface area contributed by atoms with Crippen LogP contribution in [0.5, 0.6) is 11.5 Å². The molecule has 2 atom stereocenters. The van der Waals surface area contributed by atoms with E-state index in [1.807, 2.05) is 0 Å². The largest absolute Gasteiger partial charge is 0.495 e. The molecule has 1 saturated carbocycles. The van der Waals surface area contributed by atoms with Gasteiger partial charge in [0.25, 0.3) is 0 Å². The van der Waals surface area contributed by atoms with E-state index in [9.17, 15) is 4.79 Å². The van der Waals surface area contributed by atoms with Crippen LogP contribution in [0.3, 0.4) is 0 Å². The van der Waals surface area contributed by atoms with E-state index in [1.54, 1.807) is 19.2 Å². The first-order chi connectivity index (χ1) is 12.3. The zero-order chi connectivity index (χ0) is 19.3. The molecule has 2 unspecified atom stereocenters. The van der Waals surface area contributed by atoms with E-state index in [2.05, 4.69) is 31.4 Å². The molecule has 1 aromatic rings. The molecule has 2 rings (SSSR count). The minimum atomic E-state index is -0.106. The second kappa shape index (κ2) is 8.96. The third-order valence-corrected chi connectivity index (χ3v) is 5.45. The molecule has 26 heavy (non-hydrogen) atoms. The number of benzene rings is 1. The lowest BCUT2D eigenvalue weighted by molar-refractivity contribution is -0.115. The van der Waals surface area contributed by atoms with Gasteiger partial charge in [0, 0.05) is 18.2 Å². The van der Waals surface area contributed by atoms with Gasteiger partial charge in [0.05, 0.1) is 31.5 Å². The molecule has 5 nitrogen and oxygen atoms in total. The van der Waals surface area contributed by atoms with Gasteiger partial charge in [-0.05, 0) is 24.2 Å². The van der Waals surface area contributed by atoms with Crippen LogP contribution < -0.4 is 20.1 Å². The summed E-state index contributed by atoms with van der Waals surface area (Å²) in [5.74, 6) is 1.48. The van der Waals surface area contributed by atoms with Crippen LogP contribution in [0.2, 0.25) is 5.02 Å². The lowest BCUT2D eigenvalue weighted by Crippen LogP contribution is -2.46. The van der Waals surface area contributed by atoms with Gasteiger partial charge >= 0.3 is 0 Å². The van der Waals surface area contributed by atoms with Crippen molar-refractivity contribution in [3.8, 4) is 11.5 Å². The third-order valence-electron chi connectivity index (χ3n) is 5.15. The molecule has 0 heterocycles. The molecule has 1 fully saturated rings. The molecule has 1 aliphatic rings. The van der Waals surface area contributed by atoms with Crippen molar-refractivity contribution in [3.05, 3.63) is 17.2 Å². The van der Waals surface area contributed by atoms with Gasteiger partial charge in [-0.3, -0.25) is 4.79 Å². The fourth-order valence-corrected chi connectivity index (χ4v) is 4.02. The molecule has 0 saturated heterocycles. The predicted molar refractivity (Wildman–Crippen MR) is 106 cm³/mol. The molecule has 1 amide bonds. The summed E-state index contributed by atoms with van der Waals surface area (Å²) in [4.78, 5) is 12.5. The minimum absolute atomic E-state index is 0.106. The number of methoxy groups -OCH3 is 2. The van der Waals surface area contributed by atoms with E-state index in [1.165, 1.54) is 26.4 Å². The topological polar surface area (TPSA) is 59.6 Å². The van der Waals surface area contributed by atoms with E-state index in [4.69, 9.17) is 21.1 Å². The summed E-state index contributed by atoms with van der Waals surface area (Å²) in [6.45, 7) is 7.11. The van der Waals surface area contributed by atoms with Crippen LogP contribution in [0.1, 0.15) is 46.5 Å². The monoisotopic (exact) mass is 382 g/mol. The lowest BCUT2D eigenvalue weighted by Gasteiger charge is -2.40. The summed E-state index contributed by atoms with van der Waals surface area (Å²) in [6, 6.07) is 3.69. The Balaban J connectivity index is 2.00. The highest BCUT2D eigenvalue weighted by Gasteiger charge is 2.34. The third kappa shape index (κ3) is 5.27. The van der Waals surface area contributed by atoms with Crippen LogP contribution in [0, 0.1) is 11.3 Å². The second-order valence-corrected chi connectivity index (χ2v) is 8.39. The first-order valence-electron chi connectivity index (χ1n) is 9.21. The molecule has 0 aromatic heterocycles. The number of amides is 1. The molecule has 0 spiro atoms. The second-order valence-electron chi connectivity index (χ2n) is 7.98. The normalized spacial score (nSPS) is 20.5. The molecule has 6 heteroatoms. The summed E-state index contributed by atoms with van der Waals surface area (Å²) in [7, 11) is 3.08. The van der Waals surface area contributed by atoms with Crippen molar-refractivity contribution in [3.63, 3.8) is 0 Å². The predicted octanol–water partition coefficient (Wildman–Crippen LogP) is 4.49. The van der Waals surface area contributed by atoms with Gasteiger partial charge in [-0.1, -0.05) is 45.2 Å². The van der Waals surface area contributed by atoms with Crippen LogP contribution >= 0.6 is 11.6 Å². The first-order valence-corrected chi connectivity index (χ1v) is 9.58. The molecule has 1 aliphatic carbocycles. The van der Waals surface area contributed by atoms with E-state index in [0.29, 0.717) is 34.2 Å². The summed E-state index contributed by atoms with van der Waals surface area (Å²) in [5.41, 5.74) is 0.790. The molecular formula is C20H31ClN2O3. The van der Waals surface area contributed by atoms with Crippen molar-refractivity contribution < 1.29 is 14.3 Å². The SMILES string of the molecule is COc1cc(NC(=O)CNC2CCCCC2C(C)(C)C)c(OC)cc1Cl. The Morgan fingerprint density at radius 3 is 2.42 bits per heavy atom. The van der Waals surface area contributed by atoms with Crippen molar-refractivity contribution >= 4 is 23.2 Å². The fourth-order valence-electron chi connectivity index (χ4n) is 3.79. The van der Waals surface area contributed by atoms with Crippen LogP contribution in [-0.4, -0.2) is 32.7 Å². The van der Waals surface area contributed by atoms with Crippen molar-refractivity contribution in [2.24, 2.45) is 11.3 Å². The molecular weight excluding hydrogens is 352 g/mol. The number of anilines is 1. The van der Waals surface area contributed by atoms with E-state index >= 15 is 0 Å². The highest BCUT2D eigenvalue weighted by molar-refractivity contribution is 6.32. The summed E-state index contributed by atoms with van der Waals surface area (Å²) >= 11 is 6.11. The number of hydrogen-bond acceptors (Lipinski definition) is 4. The number of carbonyl (C=O) groups is 1. The molecule has 0 radical (unpaired) electrons. The number of carbonyl (C=O) groups excluding carboxylic acids is 1. The maximum atomic E-state index is 12.5. The smallest absolute Gasteiger partial charge is 0.238 e. The number of ether oxygens (including phenoxy) is 2. The molecule has 2 N–H and O–H groups in total. The number of rotatable bonds is 6. The number of nitrogens with one attached hydrogen (secondary N) is 2. The average Bonchev–Trinajstić information content (AvgIpc) is 2.60. The summed E-state index contributed by atoms with van der Waals surface area (Å²) in [5, 5.41) is 6.80. The van der Waals surface area contributed by atoms with Gasteiger partial charge in [-0.2, -0.15) is 0 Å². The van der Waals surface area contributed by atoms with Crippen molar-refractivity contribution in [1.29, 1.82) is 0 Å². The van der Waals surface area contributed by atoms with Crippen molar-refractivity contribution in [2.45, 2.75) is 52.5 Å². The summed E-state index contributed by atoms with van der Waals surface area (Å²) < 4.78 is 10.5. The molecule has 146 valence electrons. The Kier molecular flexibility index (Phi) is 7.18. The average molecular weight is 383 g/mol. The number of halogens is 1. The minimum Gasteiger partial charge on any atom is -0.495 e. The van der Waals surface area contributed by atoms with Gasteiger partial charge in [-0.25, -0.2) is 0 Å². The fraction of sp³-hybridized carbons (Fsp3) is 0.650. The van der Waals surface area contributed by atoms with Crippen molar-refractivity contribution in [1.82, 2.24) is 5.32 Å². The Bertz CT molecular complexity index is 628. The Morgan fingerprint density at radius 2 is 1.81 bits per heavy atom. The highest BCUT2D eigenvalue weighted by atomic mass is 35.5. The van der Waals surface area contributed by atoms with Crippen LogP contribution in [-0.2, 0) is 4.79 Å². The molecule has 1 aromatic carbocycles. The van der Waals surface area contributed by atoms with Crippen molar-refractivity contribution in [2.75, 3.05) is 26.1 Å². The Hall–Kier alpha value is -1.46. The molecule has 0 aliphatic heterocycles. The Morgan fingerprint density at radius 1 is 1.15 bits per heavy atom. The standard InChI is InChI=1S/C20H31ClN2O3/c1-20(2,3)13-8-6-7-9-15(13)22-12-19(24)23-16-11-17(25-4)14(21)10-18(16)26-5/h10-11,13,15,22H,6-9,12H2,1-5H3,(H,23,24). The summed E-state index contributed by atoms with van der Waals surface area (Å²) in [6.07, 6.45) is 4.82. The maximum absolute atomic E-state index is 12.5. The van der Waals surface area contributed by atoms with Gasteiger partial charge in [0.1, 0.15) is 11.5 Å². The quantitative estimate of drug-likeness (QED) is 0.760. The van der Waals surface area contributed by atoms with Gasteiger partial charge in [-0.15, -0.1) is 0 Å². The lowest BCUT2D eigenvalue weighted by atomic mass is 9.69. The first kappa shape index (κ1) is 20.8. The Labute approximate surface area is 161 Å². The molecule has 0 bridgehead atoms. The van der Waals surface area contributed by atoms with Gasteiger partial charge in [0.15, 0.2) is 0 Å². The van der Waals surface area contributed by atoms with Gasteiger partial charge in [0.2, 0.25) is 5.91 Å². The number of hydrogen-bond donors (Lipinski definition) is 2. The van der Waals surface area contributed by atoms with Crippen LogP contribution in [0.25, 0.3) is 0 Å². The van der Waals surface area contributed by atoms with Crippen LogP contribution in [0.15, 0.2) is 12.1 Å². The van der Waals surface area contributed by atoms with E-state index < -0.39 is 0 Å². The van der Waals surface area contributed by atoms with E-state index in [-0.39, 0.29) is 17.9 Å². The van der Waals surface area contributed by atoms with Crippen LogP contribution in [0.4, 0.5) is 5.69 Å². The zero-order valence-electron chi connectivity index (χ0n) is 16.4. The van der Waals surface area contributed by atoms with E-state index in [0.717, 1.165) is 6.42 Å². The highest BCUT2D eigenvalue weighted by Crippen LogP contribution is 2.38.